The standard InChI is InChI=1S/C11H19BrN4O/c1-8(2)16-6-4-11(17,5-7-16)9-10(12)13-14-15(9)3/h8,17H,4-7H2,1-3H3. The number of aryl methyl sites for hydroxylation is 1. The van der Waals surface area contributed by atoms with Gasteiger partial charge in [-0.1, -0.05) is 5.21 Å². The predicted octanol–water partition coefficient (Wildman–Crippen LogP) is 1.27. The Labute approximate surface area is 110 Å². The summed E-state index contributed by atoms with van der Waals surface area (Å²) in [4.78, 5) is 2.38. The molecular formula is C11H19BrN4O. The zero-order chi connectivity index (χ0) is 12.6. The van der Waals surface area contributed by atoms with E-state index in [1.165, 1.54) is 0 Å². The average molecular weight is 303 g/mol. The number of hydrogen-bond acceptors (Lipinski definition) is 4. The first kappa shape index (κ1) is 13.0. The van der Waals surface area contributed by atoms with Crippen LogP contribution in [0.15, 0.2) is 4.60 Å². The number of likely N-dealkylation sites (tertiary alicyclic amines) is 1. The third-order valence-corrected chi connectivity index (χ3v) is 4.12. The molecule has 0 saturated carbocycles. The molecule has 1 aromatic heterocycles. The molecule has 0 amide bonds. The molecule has 5 nitrogen and oxygen atoms in total. The van der Waals surface area contributed by atoms with Gasteiger partial charge in [-0.15, -0.1) is 5.10 Å². The second kappa shape index (κ2) is 4.66. The van der Waals surface area contributed by atoms with E-state index in [1.807, 2.05) is 7.05 Å². The van der Waals surface area contributed by atoms with Crippen LogP contribution in [-0.2, 0) is 12.6 Å². The maximum absolute atomic E-state index is 10.7. The van der Waals surface area contributed by atoms with E-state index in [0.29, 0.717) is 10.6 Å². The van der Waals surface area contributed by atoms with Gasteiger partial charge in [0.25, 0.3) is 0 Å². The molecule has 1 aliphatic heterocycles. The quantitative estimate of drug-likeness (QED) is 0.894. The van der Waals surface area contributed by atoms with Crippen molar-refractivity contribution in [2.24, 2.45) is 7.05 Å². The van der Waals surface area contributed by atoms with Crippen molar-refractivity contribution < 1.29 is 5.11 Å². The second-order valence-corrected chi connectivity index (χ2v) is 5.76. The molecule has 96 valence electrons. The van der Waals surface area contributed by atoms with Crippen molar-refractivity contribution in [3.8, 4) is 0 Å². The number of aromatic nitrogens is 3. The number of hydrogen-bond donors (Lipinski definition) is 1. The van der Waals surface area contributed by atoms with Gasteiger partial charge in [0, 0.05) is 26.2 Å². The molecule has 1 aliphatic rings. The van der Waals surface area contributed by atoms with Crippen molar-refractivity contribution in [2.75, 3.05) is 13.1 Å². The highest BCUT2D eigenvalue weighted by Gasteiger charge is 2.39. The van der Waals surface area contributed by atoms with E-state index in [0.717, 1.165) is 31.6 Å². The summed E-state index contributed by atoms with van der Waals surface area (Å²) in [6, 6.07) is 0.535. The fourth-order valence-electron chi connectivity index (χ4n) is 2.47. The summed E-state index contributed by atoms with van der Waals surface area (Å²) in [5, 5.41) is 18.6. The van der Waals surface area contributed by atoms with E-state index >= 15 is 0 Å². The Kier molecular flexibility index (Phi) is 3.56. The molecule has 1 fully saturated rings. The van der Waals surface area contributed by atoms with Crippen molar-refractivity contribution in [1.29, 1.82) is 0 Å². The highest BCUT2D eigenvalue weighted by atomic mass is 79.9. The van der Waals surface area contributed by atoms with Gasteiger partial charge in [0.15, 0.2) is 4.60 Å². The topological polar surface area (TPSA) is 54.2 Å². The first-order valence-corrected chi connectivity index (χ1v) is 6.75. The van der Waals surface area contributed by atoms with E-state index < -0.39 is 5.60 Å². The summed E-state index contributed by atoms with van der Waals surface area (Å²) in [7, 11) is 1.82. The Morgan fingerprint density at radius 3 is 2.35 bits per heavy atom. The van der Waals surface area contributed by atoms with Crippen LogP contribution in [0.3, 0.4) is 0 Å². The van der Waals surface area contributed by atoms with Crippen LogP contribution in [0.5, 0.6) is 0 Å². The third kappa shape index (κ3) is 2.39. The van der Waals surface area contributed by atoms with Crippen LogP contribution in [0, 0.1) is 0 Å². The Bertz CT molecular complexity index is 377. The molecule has 2 rings (SSSR count). The summed E-state index contributed by atoms with van der Waals surface area (Å²) in [5.41, 5.74) is -0.0106. The van der Waals surface area contributed by atoms with Crippen molar-refractivity contribution >= 4 is 15.9 Å². The fourth-order valence-corrected chi connectivity index (χ4v) is 3.17. The summed E-state index contributed by atoms with van der Waals surface area (Å²) >= 11 is 3.36. The van der Waals surface area contributed by atoms with Crippen LogP contribution < -0.4 is 0 Å². The van der Waals surface area contributed by atoms with E-state index in [1.54, 1.807) is 4.68 Å². The molecule has 6 heteroatoms. The Hall–Kier alpha value is -0.460. The summed E-state index contributed by atoms with van der Waals surface area (Å²) < 4.78 is 2.32. The van der Waals surface area contributed by atoms with Gasteiger partial charge < -0.3 is 10.0 Å². The maximum Gasteiger partial charge on any atom is 0.154 e. The van der Waals surface area contributed by atoms with Crippen LogP contribution in [0.1, 0.15) is 32.4 Å². The van der Waals surface area contributed by atoms with E-state index in [2.05, 4.69) is 45.0 Å². The van der Waals surface area contributed by atoms with Gasteiger partial charge in [0.2, 0.25) is 0 Å². The van der Waals surface area contributed by atoms with Gasteiger partial charge in [-0.3, -0.25) is 0 Å². The first-order valence-electron chi connectivity index (χ1n) is 5.96. The van der Waals surface area contributed by atoms with Crippen molar-refractivity contribution in [3.05, 3.63) is 10.3 Å². The monoisotopic (exact) mass is 302 g/mol. The zero-order valence-electron chi connectivity index (χ0n) is 10.5. The average Bonchev–Trinajstić information content (AvgIpc) is 2.59. The number of halogens is 1. The molecule has 1 saturated heterocycles. The Balaban J connectivity index is 2.18. The Morgan fingerprint density at radius 1 is 1.35 bits per heavy atom. The summed E-state index contributed by atoms with van der Waals surface area (Å²) in [5.74, 6) is 0. The van der Waals surface area contributed by atoms with Crippen LogP contribution in [-0.4, -0.2) is 44.1 Å². The van der Waals surface area contributed by atoms with Gasteiger partial charge in [-0.25, -0.2) is 4.68 Å². The predicted molar refractivity (Wildman–Crippen MR) is 68.5 cm³/mol. The first-order chi connectivity index (χ1) is 7.94. The maximum atomic E-state index is 10.7. The lowest BCUT2D eigenvalue weighted by Crippen LogP contribution is -2.46. The number of aliphatic hydroxyl groups is 1. The molecule has 1 N–H and O–H groups in total. The molecule has 0 spiro atoms. The van der Waals surface area contributed by atoms with Crippen LogP contribution >= 0.6 is 15.9 Å². The second-order valence-electron chi connectivity index (χ2n) is 5.01. The van der Waals surface area contributed by atoms with Gasteiger partial charge in [0.1, 0.15) is 11.3 Å². The van der Waals surface area contributed by atoms with Gasteiger partial charge >= 0.3 is 0 Å². The molecule has 0 unspecified atom stereocenters. The lowest BCUT2D eigenvalue weighted by atomic mass is 9.88. The smallest absolute Gasteiger partial charge is 0.154 e. The molecule has 17 heavy (non-hydrogen) atoms. The van der Waals surface area contributed by atoms with Crippen LogP contribution in [0.2, 0.25) is 0 Å². The molecule has 0 aromatic carbocycles. The SMILES string of the molecule is CC(C)N1CCC(O)(c2c(Br)nnn2C)CC1. The largest absolute Gasteiger partial charge is 0.383 e. The molecule has 0 atom stereocenters. The lowest BCUT2D eigenvalue weighted by molar-refractivity contribution is -0.0387. The van der Waals surface area contributed by atoms with E-state index in [-0.39, 0.29) is 0 Å². The zero-order valence-corrected chi connectivity index (χ0v) is 12.1. The molecule has 0 bridgehead atoms. The van der Waals surface area contributed by atoms with Gasteiger partial charge in [0.05, 0.1) is 0 Å². The highest BCUT2D eigenvalue weighted by molar-refractivity contribution is 9.10. The molecule has 0 radical (unpaired) electrons. The number of rotatable bonds is 2. The van der Waals surface area contributed by atoms with Crippen molar-refractivity contribution in [2.45, 2.75) is 38.3 Å². The minimum absolute atomic E-state index is 0.535. The summed E-state index contributed by atoms with van der Waals surface area (Å²) in [6.07, 6.45) is 1.45. The Morgan fingerprint density at radius 2 is 1.94 bits per heavy atom. The van der Waals surface area contributed by atoms with Crippen molar-refractivity contribution in [1.82, 2.24) is 19.9 Å². The van der Waals surface area contributed by atoms with E-state index in [9.17, 15) is 5.11 Å². The third-order valence-electron chi connectivity index (χ3n) is 3.58. The van der Waals surface area contributed by atoms with E-state index in [4.69, 9.17) is 0 Å². The normalized spacial score (nSPS) is 21.1. The minimum atomic E-state index is -0.803. The van der Waals surface area contributed by atoms with Crippen molar-refractivity contribution in [3.63, 3.8) is 0 Å². The minimum Gasteiger partial charge on any atom is -0.383 e. The molecule has 2 heterocycles. The molecular weight excluding hydrogens is 284 g/mol. The number of piperidine rings is 1. The molecule has 0 aliphatic carbocycles. The summed E-state index contributed by atoms with van der Waals surface area (Å²) in [6.45, 7) is 6.19. The number of nitrogens with zero attached hydrogens (tertiary/aromatic N) is 4. The van der Waals surface area contributed by atoms with Crippen LogP contribution in [0.4, 0.5) is 0 Å². The van der Waals surface area contributed by atoms with Gasteiger partial charge in [-0.05, 0) is 42.6 Å². The molecule has 1 aromatic rings. The fraction of sp³-hybridized carbons (Fsp3) is 0.818. The van der Waals surface area contributed by atoms with Crippen LogP contribution in [0.25, 0.3) is 0 Å². The highest BCUT2D eigenvalue weighted by Crippen LogP contribution is 2.35. The van der Waals surface area contributed by atoms with Gasteiger partial charge in [-0.2, -0.15) is 0 Å². The lowest BCUT2D eigenvalue weighted by Gasteiger charge is -2.39.